The van der Waals surface area contributed by atoms with Gasteiger partial charge in [0.25, 0.3) is 0 Å². The largest absolute Gasteiger partial charge is 0.394 e. The van der Waals surface area contributed by atoms with Gasteiger partial charge >= 0.3 is 0 Å². The summed E-state index contributed by atoms with van der Waals surface area (Å²) < 4.78 is 1.82. The second kappa shape index (κ2) is 6.85. The van der Waals surface area contributed by atoms with Crippen molar-refractivity contribution >= 4 is 0 Å². The van der Waals surface area contributed by atoms with Crippen LogP contribution in [-0.4, -0.2) is 21.5 Å². The fraction of sp³-hybridized carbons (Fsp3) is 0.333. The van der Waals surface area contributed by atoms with Gasteiger partial charge in [0.15, 0.2) is 0 Å². The first kappa shape index (κ1) is 14.3. The Balaban J connectivity index is 1.90. The highest BCUT2D eigenvalue weighted by Gasteiger charge is 2.04. The lowest BCUT2D eigenvalue weighted by atomic mass is 10.1. The molecule has 0 amide bonds. The van der Waals surface area contributed by atoms with E-state index in [1.54, 1.807) is 0 Å². The van der Waals surface area contributed by atoms with E-state index < -0.39 is 0 Å². The van der Waals surface area contributed by atoms with Gasteiger partial charge in [0.1, 0.15) is 0 Å². The van der Waals surface area contributed by atoms with E-state index in [0.717, 1.165) is 23.5 Å². The molecule has 0 unspecified atom stereocenters. The zero-order valence-corrected chi connectivity index (χ0v) is 11.5. The fourth-order valence-corrected chi connectivity index (χ4v) is 2.06. The van der Waals surface area contributed by atoms with Gasteiger partial charge in [-0.25, -0.2) is 0 Å². The Morgan fingerprint density at radius 2 is 2.05 bits per heavy atom. The summed E-state index contributed by atoms with van der Waals surface area (Å²) in [5.74, 6) is 0. The van der Waals surface area contributed by atoms with E-state index in [4.69, 9.17) is 10.4 Å². The molecule has 0 saturated carbocycles. The van der Waals surface area contributed by atoms with Crippen molar-refractivity contribution in [2.45, 2.75) is 26.6 Å². The van der Waals surface area contributed by atoms with Crippen LogP contribution in [0.25, 0.3) is 0 Å². The van der Waals surface area contributed by atoms with E-state index in [2.05, 4.69) is 16.5 Å². The number of rotatable bonds is 6. The minimum absolute atomic E-state index is 0.0870. The van der Waals surface area contributed by atoms with Crippen molar-refractivity contribution in [3.05, 3.63) is 52.8 Å². The number of nitriles is 1. The maximum atomic E-state index is 9.00. The van der Waals surface area contributed by atoms with Crippen LogP contribution in [0.1, 0.15) is 22.5 Å². The van der Waals surface area contributed by atoms with Crippen molar-refractivity contribution < 1.29 is 5.11 Å². The normalized spacial score (nSPS) is 10.4. The Morgan fingerprint density at radius 3 is 2.70 bits per heavy atom. The molecule has 5 heteroatoms. The molecule has 2 aromatic rings. The highest BCUT2D eigenvalue weighted by atomic mass is 16.3. The molecule has 0 radical (unpaired) electrons. The number of hydrogen-bond acceptors (Lipinski definition) is 4. The Kier molecular flexibility index (Phi) is 4.88. The molecule has 0 aliphatic carbocycles. The van der Waals surface area contributed by atoms with Gasteiger partial charge in [-0.15, -0.1) is 0 Å². The summed E-state index contributed by atoms with van der Waals surface area (Å²) in [6.07, 6.45) is 0. The first-order chi connectivity index (χ1) is 9.72. The molecular weight excluding hydrogens is 252 g/mol. The zero-order valence-electron chi connectivity index (χ0n) is 11.5. The molecule has 0 aliphatic heterocycles. The molecular formula is C15H18N4O. The van der Waals surface area contributed by atoms with E-state index in [0.29, 0.717) is 18.7 Å². The van der Waals surface area contributed by atoms with Crippen LogP contribution in [0.4, 0.5) is 0 Å². The van der Waals surface area contributed by atoms with Crippen LogP contribution in [0.5, 0.6) is 0 Å². The molecule has 0 bridgehead atoms. The molecule has 0 atom stereocenters. The number of aryl methyl sites for hydroxylation is 1. The Hall–Kier alpha value is -2.16. The van der Waals surface area contributed by atoms with Crippen molar-refractivity contribution in [2.75, 3.05) is 6.61 Å². The maximum Gasteiger partial charge on any atom is 0.0991 e. The second-order valence-electron chi connectivity index (χ2n) is 4.64. The topological polar surface area (TPSA) is 73.9 Å². The molecule has 0 saturated heterocycles. The van der Waals surface area contributed by atoms with Crippen LogP contribution in [-0.2, 0) is 19.6 Å². The molecule has 0 aliphatic rings. The monoisotopic (exact) mass is 270 g/mol. The predicted octanol–water partition coefficient (Wildman–Crippen LogP) is 1.35. The van der Waals surface area contributed by atoms with Gasteiger partial charge < -0.3 is 10.4 Å². The summed E-state index contributed by atoms with van der Waals surface area (Å²) in [5.41, 5.74) is 3.82. The summed E-state index contributed by atoms with van der Waals surface area (Å²) in [4.78, 5) is 0. The minimum Gasteiger partial charge on any atom is -0.394 e. The SMILES string of the molecule is Cc1cc(CNCc2ccc(C#N)cc2)n(CCO)n1. The smallest absolute Gasteiger partial charge is 0.0991 e. The fourth-order valence-electron chi connectivity index (χ4n) is 2.06. The number of nitrogens with one attached hydrogen (secondary N) is 1. The van der Waals surface area contributed by atoms with Crippen LogP contribution >= 0.6 is 0 Å². The summed E-state index contributed by atoms with van der Waals surface area (Å²) in [7, 11) is 0. The van der Waals surface area contributed by atoms with E-state index in [-0.39, 0.29) is 6.61 Å². The number of benzene rings is 1. The number of aliphatic hydroxyl groups excluding tert-OH is 1. The third kappa shape index (κ3) is 3.67. The first-order valence-electron chi connectivity index (χ1n) is 6.57. The Morgan fingerprint density at radius 1 is 1.30 bits per heavy atom. The Labute approximate surface area is 118 Å². The molecule has 1 aromatic carbocycles. The van der Waals surface area contributed by atoms with Crippen molar-refractivity contribution in [1.29, 1.82) is 5.26 Å². The van der Waals surface area contributed by atoms with Crippen molar-refractivity contribution in [3.8, 4) is 6.07 Å². The molecule has 2 N–H and O–H groups in total. The van der Waals surface area contributed by atoms with Gasteiger partial charge in [0.2, 0.25) is 0 Å². The Bertz CT molecular complexity index is 595. The minimum atomic E-state index is 0.0870. The van der Waals surface area contributed by atoms with Gasteiger partial charge in [-0.2, -0.15) is 10.4 Å². The number of hydrogen-bond donors (Lipinski definition) is 2. The van der Waals surface area contributed by atoms with Crippen LogP contribution in [0, 0.1) is 18.3 Å². The summed E-state index contributed by atoms with van der Waals surface area (Å²) in [5, 5.41) is 25.4. The van der Waals surface area contributed by atoms with Crippen molar-refractivity contribution in [3.63, 3.8) is 0 Å². The quantitative estimate of drug-likeness (QED) is 0.831. The van der Waals surface area contributed by atoms with E-state index >= 15 is 0 Å². The number of aromatic nitrogens is 2. The first-order valence-corrected chi connectivity index (χ1v) is 6.57. The summed E-state index contributed by atoms with van der Waals surface area (Å²) in [6.45, 7) is 3.97. The molecule has 104 valence electrons. The highest BCUT2D eigenvalue weighted by molar-refractivity contribution is 5.31. The average Bonchev–Trinajstić information content (AvgIpc) is 2.80. The van der Waals surface area contributed by atoms with Crippen LogP contribution in [0.2, 0.25) is 0 Å². The van der Waals surface area contributed by atoms with Crippen LogP contribution in [0.3, 0.4) is 0 Å². The van der Waals surface area contributed by atoms with E-state index in [1.165, 1.54) is 0 Å². The average molecular weight is 270 g/mol. The molecule has 0 fully saturated rings. The highest BCUT2D eigenvalue weighted by Crippen LogP contribution is 2.06. The third-order valence-corrected chi connectivity index (χ3v) is 3.02. The zero-order chi connectivity index (χ0) is 14.4. The third-order valence-electron chi connectivity index (χ3n) is 3.02. The van der Waals surface area contributed by atoms with Crippen molar-refractivity contribution in [1.82, 2.24) is 15.1 Å². The standard InChI is InChI=1S/C15H18N4O/c1-12-8-15(19(18-12)6-7-20)11-17-10-14-4-2-13(9-16)3-5-14/h2-5,8,17,20H,6-7,10-11H2,1H3. The maximum absolute atomic E-state index is 9.00. The summed E-state index contributed by atoms with van der Waals surface area (Å²) >= 11 is 0. The van der Waals surface area contributed by atoms with Crippen molar-refractivity contribution in [2.24, 2.45) is 0 Å². The van der Waals surface area contributed by atoms with Gasteiger partial charge in [-0.1, -0.05) is 12.1 Å². The van der Waals surface area contributed by atoms with Gasteiger partial charge in [-0.3, -0.25) is 4.68 Å². The van der Waals surface area contributed by atoms with Gasteiger partial charge in [0, 0.05) is 13.1 Å². The van der Waals surface area contributed by atoms with Crippen LogP contribution < -0.4 is 5.32 Å². The molecule has 5 nitrogen and oxygen atoms in total. The summed E-state index contributed by atoms with van der Waals surface area (Å²) in [6, 6.07) is 11.6. The van der Waals surface area contributed by atoms with Gasteiger partial charge in [0.05, 0.1) is 36.2 Å². The molecule has 20 heavy (non-hydrogen) atoms. The molecule has 1 heterocycles. The lowest BCUT2D eigenvalue weighted by molar-refractivity contribution is 0.266. The van der Waals surface area contributed by atoms with Crippen LogP contribution in [0.15, 0.2) is 30.3 Å². The molecule has 1 aromatic heterocycles. The van der Waals surface area contributed by atoms with Gasteiger partial charge in [-0.05, 0) is 30.7 Å². The lowest BCUT2D eigenvalue weighted by Crippen LogP contribution is -2.17. The molecule has 0 spiro atoms. The second-order valence-corrected chi connectivity index (χ2v) is 4.64. The van der Waals surface area contributed by atoms with E-state index in [9.17, 15) is 0 Å². The number of nitrogens with zero attached hydrogens (tertiary/aromatic N) is 3. The van der Waals surface area contributed by atoms with E-state index in [1.807, 2.05) is 41.9 Å². The predicted molar refractivity (Wildman–Crippen MR) is 75.8 cm³/mol. The lowest BCUT2D eigenvalue weighted by Gasteiger charge is -2.07. The molecule has 2 rings (SSSR count). The number of aliphatic hydroxyl groups is 1.